The minimum absolute atomic E-state index is 0.396. The van der Waals surface area contributed by atoms with Crippen molar-refractivity contribution in [3.8, 4) is 11.3 Å². The van der Waals surface area contributed by atoms with Crippen LogP contribution in [0.5, 0.6) is 0 Å². The lowest BCUT2D eigenvalue weighted by atomic mass is 10.1. The Balaban J connectivity index is 2.21. The number of fused-ring (bicyclic) bond motifs is 1. The van der Waals surface area contributed by atoms with Gasteiger partial charge in [0.2, 0.25) is 0 Å². The van der Waals surface area contributed by atoms with Gasteiger partial charge in [0, 0.05) is 37.4 Å². The first kappa shape index (κ1) is 12.3. The number of benzene rings is 1. The normalized spacial score (nSPS) is 10.7. The molecule has 0 atom stereocenters. The van der Waals surface area contributed by atoms with Crippen molar-refractivity contribution in [2.45, 2.75) is 0 Å². The third-order valence-electron chi connectivity index (χ3n) is 3.09. The van der Waals surface area contributed by atoms with Crippen molar-refractivity contribution in [3.05, 3.63) is 53.3 Å². The average Bonchev–Trinajstić information content (AvgIpc) is 2.46. The summed E-state index contributed by atoms with van der Waals surface area (Å²) in [5, 5.41) is 0.865. The summed E-state index contributed by atoms with van der Waals surface area (Å²) in [5.74, 6) is 0. The fourth-order valence-corrected chi connectivity index (χ4v) is 2.01. The molecule has 0 unspecified atom stereocenters. The Hall–Kier alpha value is -2.69. The third-order valence-corrected chi connectivity index (χ3v) is 3.09. The molecule has 2 aromatic heterocycles. The highest BCUT2D eigenvalue weighted by Gasteiger charge is 2.09. The maximum atomic E-state index is 12.1. The molecule has 20 heavy (non-hydrogen) atoms. The zero-order chi connectivity index (χ0) is 14.1. The van der Waals surface area contributed by atoms with Gasteiger partial charge in [0.1, 0.15) is 11.9 Å². The van der Waals surface area contributed by atoms with Crippen molar-refractivity contribution in [1.29, 1.82) is 0 Å². The molecule has 2 heterocycles. The van der Waals surface area contributed by atoms with E-state index in [0.717, 1.165) is 11.1 Å². The summed E-state index contributed by atoms with van der Waals surface area (Å²) in [6.45, 7) is 0. The topological polar surface area (TPSA) is 59.2 Å². The lowest BCUT2D eigenvalue weighted by molar-refractivity contribution is 0.563. The van der Waals surface area contributed by atoms with Crippen LogP contribution in [-0.4, -0.2) is 24.1 Å². The Labute approximate surface area is 115 Å². The molecule has 1 aromatic carbocycles. The Morgan fingerprint density at radius 1 is 1.15 bits per heavy atom. The molecule has 3 aromatic rings. The molecule has 0 radical (unpaired) electrons. The van der Waals surface area contributed by atoms with E-state index in [1.165, 1.54) is 6.33 Å². The van der Waals surface area contributed by atoms with Crippen molar-refractivity contribution in [2.75, 3.05) is 19.0 Å². The second-order valence-electron chi connectivity index (χ2n) is 4.66. The number of aromatic nitrogens is 2. The highest BCUT2D eigenvalue weighted by Crippen LogP contribution is 2.23. The molecule has 0 saturated heterocycles. The van der Waals surface area contributed by atoms with Crippen molar-refractivity contribution >= 4 is 16.7 Å². The maximum Gasteiger partial charge on any atom is 0.345 e. The van der Waals surface area contributed by atoms with E-state index >= 15 is 0 Å². The van der Waals surface area contributed by atoms with Gasteiger partial charge in [0.05, 0.1) is 11.3 Å². The summed E-state index contributed by atoms with van der Waals surface area (Å²) in [7, 11) is 3.88. The SMILES string of the molecule is CN(C)c1ccc2cc(-c3ccncn3)c(=O)oc2c1. The number of anilines is 1. The Bertz CT molecular complexity index is 810. The lowest BCUT2D eigenvalue weighted by Crippen LogP contribution is -2.09. The van der Waals surface area contributed by atoms with E-state index in [1.54, 1.807) is 18.3 Å². The number of rotatable bonds is 2. The molecule has 0 spiro atoms. The summed E-state index contributed by atoms with van der Waals surface area (Å²) in [6, 6.07) is 9.24. The molecule has 0 aliphatic carbocycles. The molecule has 5 nitrogen and oxygen atoms in total. The zero-order valence-electron chi connectivity index (χ0n) is 11.2. The molecule has 0 aliphatic heterocycles. The van der Waals surface area contributed by atoms with Crippen LogP contribution in [0.2, 0.25) is 0 Å². The summed E-state index contributed by atoms with van der Waals surface area (Å²) in [4.78, 5) is 22.0. The molecule has 100 valence electrons. The molecule has 3 rings (SSSR count). The minimum Gasteiger partial charge on any atom is -0.422 e. The molecule has 0 fully saturated rings. The molecular weight excluding hydrogens is 254 g/mol. The van der Waals surface area contributed by atoms with Gasteiger partial charge >= 0.3 is 5.63 Å². The van der Waals surface area contributed by atoms with Crippen molar-refractivity contribution in [3.63, 3.8) is 0 Å². The van der Waals surface area contributed by atoms with Crippen LogP contribution in [0.3, 0.4) is 0 Å². The van der Waals surface area contributed by atoms with Crippen molar-refractivity contribution < 1.29 is 4.42 Å². The van der Waals surface area contributed by atoms with Crippen LogP contribution < -0.4 is 10.5 Å². The standard InChI is InChI=1S/C15H13N3O2/c1-18(2)11-4-3-10-7-12(13-5-6-16-9-17-13)15(19)20-14(10)8-11/h3-9H,1-2H3. The van der Waals surface area contributed by atoms with E-state index in [9.17, 15) is 4.79 Å². The summed E-state index contributed by atoms with van der Waals surface area (Å²) in [6.07, 6.45) is 3.01. The number of hydrogen-bond acceptors (Lipinski definition) is 5. The first-order chi connectivity index (χ1) is 9.65. The monoisotopic (exact) mass is 267 g/mol. The predicted octanol–water partition coefficient (Wildman–Crippen LogP) is 2.32. The van der Waals surface area contributed by atoms with E-state index in [2.05, 4.69) is 9.97 Å². The van der Waals surface area contributed by atoms with Gasteiger partial charge in [-0.25, -0.2) is 14.8 Å². The molecule has 0 amide bonds. The molecule has 0 N–H and O–H groups in total. The molecular formula is C15H13N3O2. The van der Waals surface area contributed by atoms with Gasteiger partial charge in [-0.05, 0) is 24.3 Å². The fraction of sp³-hybridized carbons (Fsp3) is 0.133. The number of nitrogens with zero attached hydrogens (tertiary/aromatic N) is 3. The van der Waals surface area contributed by atoms with E-state index < -0.39 is 5.63 Å². The summed E-state index contributed by atoms with van der Waals surface area (Å²) >= 11 is 0. The van der Waals surface area contributed by atoms with Gasteiger partial charge in [-0.15, -0.1) is 0 Å². The van der Waals surface area contributed by atoms with Gasteiger partial charge in [0.15, 0.2) is 0 Å². The average molecular weight is 267 g/mol. The second-order valence-corrected chi connectivity index (χ2v) is 4.66. The first-order valence-corrected chi connectivity index (χ1v) is 6.17. The zero-order valence-corrected chi connectivity index (χ0v) is 11.2. The Morgan fingerprint density at radius 3 is 2.70 bits per heavy atom. The highest BCUT2D eigenvalue weighted by molar-refractivity contribution is 5.83. The molecule has 0 bridgehead atoms. The van der Waals surface area contributed by atoms with E-state index in [-0.39, 0.29) is 0 Å². The van der Waals surface area contributed by atoms with E-state index in [1.807, 2.05) is 37.2 Å². The predicted molar refractivity (Wildman–Crippen MR) is 77.8 cm³/mol. The fourth-order valence-electron chi connectivity index (χ4n) is 2.01. The Kier molecular flexibility index (Phi) is 2.95. The molecule has 0 aliphatic rings. The third kappa shape index (κ3) is 2.14. The minimum atomic E-state index is -0.396. The van der Waals surface area contributed by atoms with Gasteiger partial charge in [-0.1, -0.05) is 0 Å². The van der Waals surface area contributed by atoms with Crippen LogP contribution >= 0.6 is 0 Å². The quantitative estimate of drug-likeness (QED) is 0.667. The van der Waals surface area contributed by atoms with Crippen LogP contribution in [0, 0.1) is 0 Å². The summed E-state index contributed by atoms with van der Waals surface area (Å²) < 4.78 is 5.40. The van der Waals surface area contributed by atoms with Gasteiger partial charge < -0.3 is 9.32 Å². The van der Waals surface area contributed by atoms with Crippen LogP contribution in [0.25, 0.3) is 22.2 Å². The second kappa shape index (κ2) is 4.77. The first-order valence-electron chi connectivity index (χ1n) is 6.17. The van der Waals surface area contributed by atoms with Gasteiger partial charge in [0.25, 0.3) is 0 Å². The van der Waals surface area contributed by atoms with Crippen LogP contribution in [0.1, 0.15) is 0 Å². The van der Waals surface area contributed by atoms with Crippen molar-refractivity contribution in [2.24, 2.45) is 0 Å². The van der Waals surface area contributed by atoms with Gasteiger partial charge in [-0.2, -0.15) is 0 Å². The smallest absolute Gasteiger partial charge is 0.345 e. The van der Waals surface area contributed by atoms with Gasteiger partial charge in [-0.3, -0.25) is 0 Å². The van der Waals surface area contributed by atoms with E-state index in [0.29, 0.717) is 16.8 Å². The van der Waals surface area contributed by atoms with Crippen molar-refractivity contribution in [1.82, 2.24) is 9.97 Å². The molecule has 0 saturated carbocycles. The maximum absolute atomic E-state index is 12.1. The summed E-state index contributed by atoms with van der Waals surface area (Å²) in [5.41, 5.74) is 2.16. The van der Waals surface area contributed by atoms with Crippen LogP contribution in [-0.2, 0) is 0 Å². The number of hydrogen-bond donors (Lipinski definition) is 0. The van der Waals surface area contributed by atoms with Crippen LogP contribution in [0.4, 0.5) is 5.69 Å². The largest absolute Gasteiger partial charge is 0.422 e. The van der Waals surface area contributed by atoms with Crippen LogP contribution in [0.15, 0.2) is 52.1 Å². The molecule has 5 heteroatoms. The Morgan fingerprint density at radius 2 is 2.00 bits per heavy atom. The highest BCUT2D eigenvalue weighted by atomic mass is 16.4. The lowest BCUT2D eigenvalue weighted by Gasteiger charge is -2.12. The van der Waals surface area contributed by atoms with E-state index in [4.69, 9.17) is 4.42 Å².